The van der Waals surface area contributed by atoms with E-state index in [0.717, 1.165) is 24.2 Å². The second-order valence-electron chi connectivity index (χ2n) is 4.42. The Morgan fingerprint density at radius 1 is 1.41 bits per heavy atom. The molecule has 0 amide bonds. The first-order valence-electron chi connectivity index (χ1n) is 6.10. The van der Waals surface area contributed by atoms with E-state index in [2.05, 4.69) is 13.0 Å². The lowest BCUT2D eigenvalue weighted by molar-refractivity contribution is -0.147. The summed E-state index contributed by atoms with van der Waals surface area (Å²) < 4.78 is 11.2. The summed E-state index contributed by atoms with van der Waals surface area (Å²) in [6.07, 6.45) is 1.39. The minimum Gasteiger partial charge on any atom is -0.457 e. The molecule has 2 atom stereocenters. The van der Waals surface area contributed by atoms with E-state index < -0.39 is 6.29 Å². The van der Waals surface area contributed by atoms with Crippen LogP contribution in [0.25, 0.3) is 0 Å². The first-order chi connectivity index (χ1) is 8.22. The lowest BCUT2D eigenvalue weighted by atomic mass is 9.95. The average molecular weight is 234 g/mol. The molecule has 1 aromatic rings. The Morgan fingerprint density at radius 3 is 2.88 bits per heavy atom. The molecule has 0 radical (unpaired) electrons. The Morgan fingerprint density at radius 2 is 2.18 bits per heavy atom. The first kappa shape index (κ1) is 12.1. The van der Waals surface area contributed by atoms with E-state index in [1.54, 1.807) is 0 Å². The van der Waals surface area contributed by atoms with Crippen molar-refractivity contribution in [3.8, 4) is 5.75 Å². The van der Waals surface area contributed by atoms with Crippen LogP contribution >= 0.6 is 0 Å². The smallest absolute Gasteiger partial charge is 0.259 e. The number of ketones is 1. The van der Waals surface area contributed by atoms with E-state index >= 15 is 0 Å². The number of benzene rings is 1. The van der Waals surface area contributed by atoms with Crippen LogP contribution in [0.2, 0.25) is 0 Å². The fraction of sp³-hybridized carbons (Fsp3) is 0.500. The first-order valence-corrected chi connectivity index (χ1v) is 6.10. The van der Waals surface area contributed by atoms with Crippen LogP contribution in [-0.2, 0) is 9.53 Å². The summed E-state index contributed by atoms with van der Waals surface area (Å²) in [5.41, 5.74) is 1.15. The summed E-state index contributed by atoms with van der Waals surface area (Å²) in [4.78, 5) is 11.4. The lowest BCUT2D eigenvalue weighted by Crippen LogP contribution is -2.27. The molecule has 1 heterocycles. The Kier molecular flexibility index (Phi) is 3.79. The maximum atomic E-state index is 11.4. The molecular weight excluding hydrogens is 216 g/mol. The highest BCUT2D eigenvalue weighted by atomic mass is 16.7. The summed E-state index contributed by atoms with van der Waals surface area (Å²) in [5, 5.41) is 0. The second kappa shape index (κ2) is 5.32. The van der Waals surface area contributed by atoms with Gasteiger partial charge in [0.05, 0.1) is 6.61 Å². The van der Waals surface area contributed by atoms with Crippen LogP contribution in [0.5, 0.6) is 5.75 Å². The monoisotopic (exact) mass is 234 g/mol. The van der Waals surface area contributed by atoms with Gasteiger partial charge in [0.25, 0.3) is 6.29 Å². The van der Waals surface area contributed by atoms with Gasteiger partial charge in [-0.15, -0.1) is 0 Å². The molecule has 1 aliphatic rings. The van der Waals surface area contributed by atoms with E-state index in [1.165, 1.54) is 6.92 Å². The van der Waals surface area contributed by atoms with Gasteiger partial charge in [-0.05, 0) is 18.1 Å². The molecule has 0 aromatic heterocycles. The molecule has 0 saturated carbocycles. The van der Waals surface area contributed by atoms with Gasteiger partial charge < -0.3 is 9.47 Å². The number of ether oxygens (including phenoxy) is 2. The van der Waals surface area contributed by atoms with Crippen molar-refractivity contribution in [3.63, 3.8) is 0 Å². The SMILES string of the molecule is CCCC1COC(C(C)=O)Oc2ccccc21. The minimum atomic E-state index is -0.752. The fourth-order valence-corrected chi connectivity index (χ4v) is 2.16. The van der Waals surface area contributed by atoms with Crippen LogP contribution in [-0.4, -0.2) is 18.7 Å². The maximum absolute atomic E-state index is 11.4. The van der Waals surface area contributed by atoms with Gasteiger partial charge >= 0.3 is 0 Å². The van der Waals surface area contributed by atoms with Crippen molar-refractivity contribution in [2.24, 2.45) is 0 Å². The van der Waals surface area contributed by atoms with Gasteiger partial charge in [0.2, 0.25) is 0 Å². The zero-order valence-corrected chi connectivity index (χ0v) is 10.3. The molecule has 0 saturated heterocycles. The van der Waals surface area contributed by atoms with Crippen LogP contribution in [0.4, 0.5) is 0 Å². The normalized spacial score (nSPS) is 23.4. The van der Waals surface area contributed by atoms with Crippen LogP contribution in [0.3, 0.4) is 0 Å². The Labute approximate surface area is 102 Å². The third kappa shape index (κ3) is 2.67. The third-order valence-electron chi connectivity index (χ3n) is 3.01. The highest BCUT2D eigenvalue weighted by Crippen LogP contribution is 2.33. The second-order valence-corrected chi connectivity index (χ2v) is 4.42. The van der Waals surface area contributed by atoms with Gasteiger partial charge in [-0.3, -0.25) is 4.79 Å². The van der Waals surface area contributed by atoms with Gasteiger partial charge in [-0.2, -0.15) is 0 Å². The summed E-state index contributed by atoms with van der Waals surface area (Å²) in [5.74, 6) is 1.01. The Balaban J connectivity index is 2.29. The number of Topliss-reactive ketones (excluding diaryl/α,β-unsaturated/α-hetero) is 1. The molecule has 1 aliphatic heterocycles. The van der Waals surface area contributed by atoms with E-state index in [9.17, 15) is 4.79 Å². The van der Waals surface area contributed by atoms with E-state index in [4.69, 9.17) is 9.47 Å². The van der Waals surface area contributed by atoms with Gasteiger partial charge in [0.1, 0.15) is 5.75 Å². The van der Waals surface area contributed by atoms with Crippen molar-refractivity contribution in [1.82, 2.24) is 0 Å². The van der Waals surface area contributed by atoms with Crippen LogP contribution in [0, 0.1) is 0 Å². The average Bonchev–Trinajstić information content (AvgIpc) is 2.50. The zero-order chi connectivity index (χ0) is 12.3. The van der Waals surface area contributed by atoms with Crippen molar-refractivity contribution in [2.75, 3.05) is 6.61 Å². The number of rotatable bonds is 3. The van der Waals surface area contributed by atoms with Crippen molar-refractivity contribution in [1.29, 1.82) is 0 Å². The molecule has 0 fully saturated rings. The molecule has 0 spiro atoms. The lowest BCUT2D eigenvalue weighted by Gasteiger charge is -2.13. The molecule has 3 heteroatoms. The van der Waals surface area contributed by atoms with Crippen LogP contribution < -0.4 is 4.74 Å². The van der Waals surface area contributed by atoms with Crippen LogP contribution in [0.15, 0.2) is 24.3 Å². The van der Waals surface area contributed by atoms with Crippen molar-refractivity contribution in [3.05, 3.63) is 29.8 Å². The predicted molar refractivity (Wildman–Crippen MR) is 65.1 cm³/mol. The fourth-order valence-electron chi connectivity index (χ4n) is 2.16. The molecule has 0 aliphatic carbocycles. The molecule has 92 valence electrons. The Bertz CT molecular complexity index is 400. The summed E-state index contributed by atoms with van der Waals surface area (Å²) in [6.45, 7) is 4.19. The zero-order valence-electron chi connectivity index (χ0n) is 10.3. The predicted octanol–water partition coefficient (Wildman–Crippen LogP) is 2.89. The molecule has 0 N–H and O–H groups in total. The largest absolute Gasteiger partial charge is 0.457 e. The van der Waals surface area contributed by atoms with Gasteiger partial charge in [-0.1, -0.05) is 31.5 Å². The standard InChI is InChI=1S/C14H18O3/c1-3-6-11-9-16-14(10(2)15)17-13-8-5-4-7-12(11)13/h4-5,7-8,11,14H,3,6,9H2,1-2H3. The van der Waals surface area contributed by atoms with Crippen LogP contribution in [0.1, 0.15) is 38.2 Å². The number of para-hydroxylation sites is 1. The topological polar surface area (TPSA) is 35.5 Å². The van der Waals surface area contributed by atoms with Gasteiger partial charge in [-0.25, -0.2) is 0 Å². The van der Waals surface area contributed by atoms with E-state index in [-0.39, 0.29) is 5.78 Å². The highest BCUT2D eigenvalue weighted by Gasteiger charge is 2.26. The van der Waals surface area contributed by atoms with E-state index in [0.29, 0.717) is 12.5 Å². The Hall–Kier alpha value is -1.35. The van der Waals surface area contributed by atoms with E-state index in [1.807, 2.05) is 18.2 Å². The summed E-state index contributed by atoms with van der Waals surface area (Å²) in [6, 6.07) is 7.88. The van der Waals surface area contributed by atoms with Crippen molar-refractivity contribution in [2.45, 2.75) is 38.9 Å². The number of carbonyl (C=O) groups is 1. The number of hydrogen-bond acceptors (Lipinski definition) is 3. The molecule has 0 bridgehead atoms. The highest BCUT2D eigenvalue weighted by molar-refractivity contribution is 5.79. The molecule has 17 heavy (non-hydrogen) atoms. The molecule has 1 aromatic carbocycles. The minimum absolute atomic E-state index is 0.0862. The molecule has 3 nitrogen and oxygen atoms in total. The number of carbonyl (C=O) groups excluding carboxylic acids is 1. The molecule has 2 rings (SSSR count). The quantitative estimate of drug-likeness (QED) is 0.806. The third-order valence-corrected chi connectivity index (χ3v) is 3.01. The van der Waals surface area contributed by atoms with Gasteiger partial charge in [0, 0.05) is 12.8 Å². The van der Waals surface area contributed by atoms with Gasteiger partial charge in [0.15, 0.2) is 5.78 Å². The maximum Gasteiger partial charge on any atom is 0.259 e. The summed E-state index contributed by atoms with van der Waals surface area (Å²) in [7, 11) is 0. The summed E-state index contributed by atoms with van der Waals surface area (Å²) >= 11 is 0. The number of hydrogen-bond donors (Lipinski definition) is 0. The van der Waals surface area contributed by atoms with Crippen molar-refractivity contribution >= 4 is 5.78 Å². The number of fused-ring (bicyclic) bond motifs is 1. The molecular formula is C14H18O3. The van der Waals surface area contributed by atoms with Crippen molar-refractivity contribution < 1.29 is 14.3 Å². The molecule has 2 unspecified atom stereocenters.